The van der Waals surface area contributed by atoms with Gasteiger partial charge in [-0.05, 0) is 88.3 Å². The molecule has 10 nitrogen and oxygen atoms in total. The number of H-pyrrole nitrogens is 2. The van der Waals surface area contributed by atoms with E-state index in [-0.39, 0.29) is 29.3 Å². The minimum absolute atomic E-state index is 0.154. The van der Waals surface area contributed by atoms with E-state index in [0.29, 0.717) is 42.5 Å². The molecule has 40 heavy (non-hydrogen) atoms. The number of halogens is 1. The van der Waals surface area contributed by atoms with Gasteiger partial charge in [-0.3, -0.25) is 9.59 Å². The van der Waals surface area contributed by atoms with Crippen LogP contribution in [0.5, 0.6) is 0 Å². The number of hydrogen-bond donors (Lipinski definition) is 5. The lowest BCUT2D eigenvalue weighted by molar-refractivity contribution is -0.130. The van der Waals surface area contributed by atoms with E-state index in [2.05, 4.69) is 41.8 Å². The molecule has 0 saturated heterocycles. The van der Waals surface area contributed by atoms with Crippen LogP contribution in [-0.4, -0.2) is 46.1 Å². The van der Waals surface area contributed by atoms with Gasteiger partial charge in [-0.2, -0.15) is 0 Å². The summed E-state index contributed by atoms with van der Waals surface area (Å²) in [5, 5.41) is 8.70. The van der Waals surface area contributed by atoms with Crippen LogP contribution < -0.4 is 21.6 Å². The van der Waals surface area contributed by atoms with Gasteiger partial charge in [0.15, 0.2) is 0 Å². The molecule has 1 saturated carbocycles. The van der Waals surface area contributed by atoms with E-state index in [1.165, 1.54) is 0 Å². The zero-order valence-electron chi connectivity index (χ0n) is 22.9. The van der Waals surface area contributed by atoms with Crippen LogP contribution in [0, 0.1) is 11.8 Å². The number of alkyl carbamates (subject to hydrolysis) is 1. The number of hydrogen-bond acceptors (Lipinski definition) is 5. The zero-order valence-corrected chi connectivity index (χ0v) is 24.5. The summed E-state index contributed by atoms with van der Waals surface area (Å²) in [5.74, 6) is -0.441. The van der Waals surface area contributed by atoms with Gasteiger partial charge in [0.25, 0.3) is 0 Å². The summed E-state index contributed by atoms with van der Waals surface area (Å²) >= 11 is 3.47. The standard InChI is InChI=1S/C29H36BrN5O5/c1-29(2,3)40-28(39)31-16-17-7-9-19(10-8-17)25(36)33-24(14-18-5-4-6-20(30)13-18)26(37)32-21-11-12-22-23(15-21)35-27(38)34-22/h4-6,11-13,15,17,19,24H,7-10,14,16H2,1-3H3,(H,31,39)(H,32,37)(H,33,36)(H2,34,35,38)/t17?,19?,24-/m0/s1. The van der Waals surface area contributed by atoms with Crippen LogP contribution in [0.2, 0.25) is 0 Å². The highest BCUT2D eigenvalue weighted by atomic mass is 79.9. The minimum Gasteiger partial charge on any atom is -0.444 e. The number of aromatic amines is 2. The number of anilines is 1. The highest BCUT2D eigenvalue weighted by molar-refractivity contribution is 9.10. The molecule has 1 aliphatic rings. The first-order chi connectivity index (χ1) is 18.9. The van der Waals surface area contributed by atoms with E-state index in [1.807, 2.05) is 45.0 Å². The summed E-state index contributed by atoms with van der Waals surface area (Å²) in [6, 6.07) is 11.9. The van der Waals surface area contributed by atoms with Crippen LogP contribution in [0.4, 0.5) is 10.5 Å². The number of amides is 3. The first-order valence-corrected chi connectivity index (χ1v) is 14.3. The molecule has 1 aliphatic carbocycles. The summed E-state index contributed by atoms with van der Waals surface area (Å²) < 4.78 is 6.19. The van der Waals surface area contributed by atoms with Crippen LogP contribution in [0.25, 0.3) is 11.0 Å². The van der Waals surface area contributed by atoms with Gasteiger partial charge in [-0.1, -0.05) is 28.1 Å². The molecule has 3 aromatic rings. The number of aromatic nitrogens is 2. The predicted molar refractivity (Wildman–Crippen MR) is 157 cm³/mol. The topological polar surface area (TPSA) is 145 Å². The molecule has 1 atom stereocenters. The summed E-state index contributed by atoms with van der Waals surface area (Å²) in [6.45, 7) is 5.98. The van der Waals surface area contributed by atoms with Crippen molar-refractivity contribution in [3.8, 4) is 0 Å². The Hall–Kier alpha value is -3.60. The normalized spacial score (nSPS) is 18.1. The Balaban J connectivity index is 1.37. The van der Waals surface area contributed by atoms with Crippen molar-refractivity contribution in [1.29, 1.82) is 0 Å². The van der Waals surface area contributed by atoms with Crippen molar-refractivity contribution in [2.24, 2.45) is 11.8 Å². The van der Waals surface area contributed by atoms with Gasteiger partial charge in [0.2, 0.25) is 11.8 Å². The van der Waals surface area contributed by atoms with Crippen molar-refractivity contribution in [1.82, 2.24) is 20.6 Å². The fourth-order valence-electron chi connectivity index (χ4n) is 4.91. The maximum Gasteiger partial charge on any atom is 0.407 e. The molecule has 0 radical (unpaired) electrons. The van der Waals surface area contributed by atoms with E-state index in [0.717, 1.165) is 22.9 Å². The molecule has 1 aromatic heterocycles. The van der Waals surface area contributed by atoms with Gasteiger partial charge in [0, 0.05) is 29.0 Å². The molecular weight excluding hydrogens is 578 g/mol. The first kappa shape index (κ1) is 29.4. The highest BCUT2D eigenvalue weighted by Gasteiger charge is 2.30. The molecule has 0 unspecified atom stereocenters. The van der Waals surface area contributed by atoms with E-state index >= 15 is 0 Å². The van der Waals surface area contributed by atoms with Crippen molar-refractivity contribution in [2.45, 2.75) is 64.5 Å². The van der Waals surface area contributed by atoms with Gasteiger partial charge in [0.05, 0.1) is 11.0 Å². The quantitative estimate of drug-likeness (QED) is 0.252. The highest BCUT2D eigenvalue weighted by Crippen LogP contribution is 2.29. The lowest BCUT2D eigenvalue weighted by Crippen LogP contribution is -2.48. The number of carbonyl (C=O) groups excluding carboxylic acids is 3. The molecule has 11 heteroatoms. The van der Waals surface area contributed by atoms with E-state index < -0.39 is 17.7 Å². The monoisotopic (exact) mass is 613 g/mol. The Morgan fingerprint density at radius 3 is 2.45 bits per heavy atom. The lowest BCUT2D eigenvalue weighted by atomic mass is 9.81. The van der Waals surface area contributed by atoms with E-state index in [4.69, 9.17) is 4.74 Å². The molecular formula is C29H36BrN5O5. The molecule has 3 amide bonds. The summed E-state index contributed by atoms with van der Waals surface area (Å²) in [4.78, 5) is 55.6. The van der Waals surface area contributed by atoms with Crippen LogP contribution in [-0.2, 0) is 20.7 Å². The molecule has 4 rings (SSSR count). The van der Waals surface area contributed by atoms with Crippen molar-refractivity contribution in [3.05, 3.63) is 63.0 Å². The van der Waals surface area contributed by atoms with Gasteiger partial charge in [-0.15, -0.1) is 0 Å². The third kappa shape index (κ3) is 8.45. The van der Waals surface area contributed by atoms with Crippen molar-refractivity contribution >= 4 is 50.6 Å². The number of rotatable bonds is 8. The third-order valence-corrected chi connectivity index (χ3v) is 7.39. The van der Waals surface area contributed by atoms with E-state index in [9.17, 15) is 19.2 Å². The molecule has 0 spiro atoms. The number of ether oxygens (including phenoxy) is 1. The number of nitrogens with one attached hydrogen (secondary N) is 5. The summed E-state index contributed by atoms with van der Waals surface area (Å²) in [6.07, 6.45) is 2.83. The third-order valence-electron chi connectivity index (χ3n) is 6.90. The molecule has 0 bridgehead atoms. The smallest absolute Gasteiger partial charge is 0.407 e. The molecule has 2 aromatic carbocycles. The molecule has 5 N–H and O–H groups in total. The molecule has 214 valence electrons. The average Bonchev–Trinajstić information content (AvgIpc) is 3.25. The maximum atomic E-state index is 13.4. The van der Waals surface area contributed by atoms with Gasteiger partial charge >= 0.3 is 11.8 Å². The van der Waals surface area contributed by atoms with Crippen molar-refractivity contribution < 1.29 is 19.1 Å². The Kier molecular flexibility index (Phi) is 9.34. The van der Waals surface area contributed by atoms with E-state index in [1.54, 1.807) is 18.2 Å². The van der Waals surface area contributed by atoms with Gasteiger partial charge in [-0.25, -0.2) is 9.59 Å². The van der Waals surface area contributed by atoms with Crippen LogP contribution >= 0.6 is 15.9 Å². The second-order valence-electron chi connectivity index (χ2n) is 11.3. The average molecular weight is 615 g/mol. The largest absolute Gasteiger partial charge is 0.444 e. The van der Waals surface area contributed by atoms with Crippen molar-refractivity contribution in [3.63, 3.8) is 0 Å². The van der Waals surface area contributed by atoms with Crippen molar-refractivity contribution in [2.75, 3.05) is 11.9 Å². The Morgan fingerprint density at radius 2 is 1.75 bits per heavy atom. The number of carbonyl (C=O) groups is 3. The second kappa shape index (κ2) is 12.7. The maximum absolute atomic E-state index is 13.4. The Morgan fingerprint density at radius 1 is 1.02 bits per heavy atom. The molecule has 1 heterocycles. The number of benzene rings is 2. The van der Waals surface area contributed by atoms with Crippen LogP contribution in [0.1, 0.15) is 52.0 Å². The molecule has 1 fully saturated rings. The van der Waals surface area contributed by atoms with Gasteiger partial charge < -0.3 is 30.7 Å². The predicted octanol–water partition coefficient (Wildman–Crippen LogP) is 4.62. The SMILES string of the molecule is CC(C)(C)OC(=O)NCC1CCC(C(=O)N[C@@H](Cc2cccc(Br)c2)C(=O)Nc2ccc3[nH]c(=O)[nH]c3c2)CC1. The minimum atomic E-state index is -0.797. The summed E-state index contributed by atoms with van der Waals surface area (Å²) in [7, 11) is 0. The molecule has 0 aliphatic heterocycles. The fraction of sp³-hybridized carbons (Fsp3) is 0.448. The summed E-state index contributed by atoms with van der Waals surface area (Å²) in [5.41, 5.74) is 1.75. The second-order valence-corrected chi connectivity index (χ2v) is 12.2. The lowest BCUT2D eigenvalue weighted by Gasteiger charge is -2.29. The number of imidazole rings is 1. The number of fused-ring (bicyclic) bond motifs is 1. The zero-order chi connectivity index (χ0) is 28.9. The fourth-order valence-corrected chi connectivity index (χ4v) is 5.36. The first-order valence-electron chi connectivity index (χ1n) is 13.5. The Bertz CT molecular complexity index is 1420. The van der Waals surface area contributed by atoms with Gasteiger partial charge in [0.1, 0.15) is 11.6 Å². The van der Waals surface area contributed by atoms with Crippen LogP contribution in [0.3, 0.4) is 0 Å². The Labute approximate surface area is 241 Å². The van der Waals surface area contributed by atoms with Crippen LogP contribution in [0.15, 0.2) is 51.7 Å².